The van der Waals surface area contributed by atoms with E-state index in [2.05, 4.69) is 10.3 Å². The third-order valence-corrected chi connectivity index (χ3v) is 3.55. The highest BCUT2D eigenvalue weighted by atomic mass is 32.2. The zero-order valence-electron chi connectivity index (χ0n) is 8.29. The van der Waals surface area contributed by atoms with Gasteiger partial charge in [0.05, 0.1) is 17.4 Å². The normalized spacial score (nSPS) is 21.6. The Kier molecular flexibility index (Phi) is 2.62. The molecular weight excluding hydrogens is 226 g/mol. The summed E-state index contributed by atoms with van der Waals surface area (Å²) in [5, 5.41) is 12.7. The van der Waals surface area contributed by atoms with E-state index in [9.17, 15) is 8.42 Å². The van der Waals surface area contributed by atoms with Gasteiger partial charge >= 0.3 is 0 Å². The van der Waals surface area contributed by atoms with E-state index in [1.165, 1.54) is 11.6 Å². The second kappa shape index (κ2) is 3.94. The summed E-state index contributed by atoms with van der Waals surface area (Å²) in [7, 11) is -3.05. The van der Waals surface area contributed by atoms with Crippen molar-refractivity contribution in [2.45, 2.75) is 6.04 Å². The number of rotatable bonds is 2. The lowest BCUT2D eigenvalue weighted by Gasteiger charge is -2.09. The third-order valence-electron chi connectivity index (χ3n) is 2.16. The highest BCUT2D eigenvalue weighted by Crippen LogP contribution is 2.13. The zero-order chi connectivity index (χ0) is 11.6. The molecule has 1 aromatic heterocycles. The topological polar surface area (TPSA) is 82.9 Å². The van der Waals surface area contributed by atoms with Gasteiger partial charge in [0, 0.05) is 11.6 Å². The van der Waals surface area contributed by atoms with Crippen molar-refractivity contribution in [1.82, 2.24) is 4.98 Å². The quantitative estimate of drug-likeness (QED) is 0.814. The van der Waals surface area contributed by atoms with Crippen molar-refractivity contribution in [2.24, 2.45) is 0 Å². The van der Waals surface area contributed by atoms with Gasteiger partial charge in [-0.05, 0) is 18.2 Å². The van der Waals surface area contributed by atoms with Crippen LogP contribution in [0.25, 0.3) is 0 Å². The lowest BCUT2D eigenvalue weighted by molar-refractivity contribution is 0.605. The van der Waals surface area contributed by atoms with Gasteiger partial charge in [-0.3, -0.25) is 0 Å². The number of hydrogen-bond acceptors (Lipinski definition) is 5. The number of hydrogen-bond donors (Lipinski definition) is 1. The second-order valence-corrected chi connectivity index (χ2v) is 5.38. The fraction of sp³-hybridized carbons (Fsp3) is 0.200. The van der Waals surface area contributed by atoms with Gasteiger partial charge in [-0.25, -0.2) is 13.4 Å². The van der Waals surface area contributed by atoms with Gasteiger partial charge in [-0.1, -0.05) is 0 Å². The zero-order valence-corrected chi connectivity index (χ0v) is 9.11. The van der Waals surface area contributed by atoms with Gasteiger partial charge in [0.2, 0.25) is 0 Å². The van der Waals surface area contributed by atoms with Crippen molar-refractivity contribution >= 4 is 15.7 Å². The van der Waals surface area contributed by atoms with E-state index in [4.69, 9.17) is 5.26 Å². The lowest BCUT2D eigenvalue weighted by Crippen LogP contribution is -2.21. The summed E-state index contributed by atoms with van der Waals surface area (Å²) in [4.78, 5) is 4.00. The smallest absolute Gasteiger partial charge is 0.173 e. The Hall–Kier alpha value is -1.87. The molecule has 0 spiro atoms. The molecule has 0 radical (unpaired) electrons. The average Bonchev–Trinajstić information content (AvgIpc) is 2.59. The number of anilines is 1. The molecule has 1 aliphatic heterocycles. The Morgan fingerprint density at radius 2 is 2.31 bits per heavy atom. The van der Waals surface area contributed by atoms with E-state index in [-0.39, 0.29) is 11.8 Å². The number of sulfone groups is 1. The molecule has 1 aromatic rings. The van der Waals surface area contributed by atoms with Crippen molar-refractivity contribution in [3.8, 4) is 6.07 Å². The number of aromatic nitrogens is 1. The third kappa shape index (κ3) is 2.38. The van der Waals surface area contributed by atoms with Gasteiger partial charge in [-0.2, -0.15) is 5.26 Å². The molecule has 1 N–H and O–H groups in total. The Labute approximate surface area is 93.3 Å². The second-order valence-electron chi connectivity index (χ2n) is 3.45. The largest absolute Gasteiger partial charge is 0.363 e. The van der Waals surface area contributed by atoms with Gasteiger partial charge in [0.15, 0.2) is 9.84 Å². The SMILES string of the molecule is N#Cc1ccc(NC2C=CS(=O)(=O)C2)nc1. The van der Waals surface area contributed by atoms with Crippen molar-refractivity contribution < 1.29 is 8.42 Å². The highest BCUT2D eigenvalue weighted by molar-refractivity contribution is 7.94. The number of nitrogens with one attached hydrogen (secondary N) is 1. The van der Waals surface area contributed by atoms with Gasteiger partial charge in [0.25, 0.3) is 0 Å². The monoisotopic (exact) mass is 235 g/mol. The van der Waals surface area contributed by atoms with Gasteiger partial charge in [-0.15, -0.1) is 0 Å². The first-order valence-electron chi connectivity index (χ1n) is 4.63. The predicted octanol–water partition coefficient (Wildman–Crippen LogP) is 0.676. The molecule has 82 valence electrons. The van der Waals surface area contributed by atoms with Crippen LogP contribution < -0.4 is 5.32 Å². The van der Waals surface area contributed by atoms with E-state index in [0.717, 1.165) is 0 Å². The van der Waals surface area contributed by atoms with Crippen molar-refractivity contribution in [2.75, 3.05) is 11.1 Å². The molecule has 2 heterocycles. The minimum Gasteiger partial charge on any atom is -0.363 e. The molecule has 2 rings (SSSR count). The summed E-state index contributed by atoms with van der Waals surface area (Å²) in [6.07, 6.45) is 3.03. The van der Waals surface area contributed by atoms with E-state index < -0.39 is 9.84 Å². The Balaban J connectivity index is 2.06. The molecule has 0 saturated heterocycles. The van der Waals surface area contributed by atoms with Crippen LogP contribution in [0.5, 0.6) is 0 Å². The highest BCUT2D eigenvalue weighted by Gasteiger charge is 2.21. The average molecular weight is 235 g/mol. The Morgan fingerprint density at radius 1 is 1.50 bits per heavy atom. The van der Waals surface area contributed by atoms with Crippen LogP contribution in [-0.2, 0) is 9.84 Å². The minimum absolute atomic E-state index is 0.0503. The summed E-state index contributed by atoms with van der Waals surface area (Å²) >= 11 is 0. The summed E-state index contributed by atoms with van der Waals surface area (Å²) in [5.74, 6) is 0.611. The van der Waals surface area contributed by atoms with Crippen molar-refractivity contribution in [3.05, 3.63) is 35.4 Å². The fourth-order valence-corrected chi connectivity index (χ4v) is 2.64. The van der Waals surface area contributed by atoms with Crippen molar-refractivity contribution in [1.29, 1.82) is 5.26 Å². The first-order valence-corrected chi connectivity index (χ1v) is 6.34. The van der Waals surface area contributed by atoms with Gasteiger partial charge < -0.3 is 5.32 Å². The predicted molar refractivity (Wildman–Crippen MR) is 59.3 cm³/mol. The molecule has 1 atom stereocenters. The first-order chi connectivity index (χ1) is 7.59. The summed E-state index contributed by atoms with van der Waals surface area (Å²) in [5.41, 5.74) is 0.472. The minimum atomic E-state index is -3.05. The fourth-order valence-electron chi connectivity index (χ4n) is 1.40. The maximum absolute atomic E-state index is 11.1. The Morgan fingerprint density at radius 3 is 2.81 bits per heavy atom. The summed E-state index contributed by atoms with van der Waals surface area (Å²) < 4.78 is 22.3. The summed E-state index contributed by atoms with van der Waals surface area (Å²) in [6, 6.07) is 4.99. The van der Waals surface area contributed by atoms with Gasteiger partial charge in [0.1, 0.15) is 11.9 Å². The molecule has 0 saturated carbocycles. The molecule has 0 fully saturated rings. The van der Waals surface area contributed by atoms with Crippen LogP contribution in [0.15, 0.2) is 29.8 Å². The van der Waals surface area contributed by atoms with E-state index in [0.29, 0.717) is 11.4 Å². The molecule has 1 aliphatic rings. The molecule has 0 aliphatic carbocycles. The van der Waals surface area contributed by atoms with Crippen LogP contribution in [0.2, 0.25) is 0 Å². The maximum atomic E-state index is 11.1. The molecule has 6 heteroatoms. The Bertz CT molecular complexity index is 555. The molecule has 0 bridgehead atoms. The molecular formula is C10H9N3O2S. The van der Waals surface area contributed by atoms with Crippen LogP contribution in [0.3, 0.4) is 0 Å². The van der Waals surface area contributed by atoms with E-state index in [1.54, 1.807) is 18.2 Å². The standard InChI is InChI=1S/C10H9N3O2S/c11-5-8-1-2-10(12-6-8)13-9-3-4-16(14,15)7-9/h1-4,6,9H,7H2,(H,12,13). The number of pyridine rings is 1. The van der Waals surface area contributed by atoms with Crippen LogP contribution in [-0.4, -0.2) is 25.2 Å². The number of nitrogens with zero attached hydrogens (tertiary/aromatic N) is 2. The first kappa shape index (κ1) is 10.6. The molecule has 1 unspecified atom stereocenters. The number of nitriles is 1. The molecule has 16 heavy (non-hydrogen) atoms. The molecule has 0 amide bonds. The van der Waals surface area contributed by atoms with Crippen molar-refractivity contribution in [3.63, 3.8) is 0 Å². The van der Waals surface area contributed by atoms with E-state index >= 15 is 0 Å². The van der Waals surface area contributed by atoms with Crippen LogP contribution >= 0.6 is 0 Å². The lowest BCUT2D eigenvalue weighted by atomic mass is 10.3. The van der Waals surface area contributed by atoms with Crippen LogP contribution in [0, 0.1) is 11.3 Å². The maximum Gasteiger partial charge on any atom is 0.173 e. The van der Waals surface area contributed by atoms with E-state index in [1.807, 2.05) is 6.07 Å². The molecule has 5 nitrogen and oxygen atoms in total. The summed E-state index contributed by atoms with van der Waals surface area (Å²) in [6.45, 7) is 0. The van der Waals surface area contributed by atoms with Crippen LogP contribution in [0.1, 0.15) is 5.56 Å². The molecule has 0 aromatic carbocycles. The van der Waals surface area contributed by atoms with Crippen LogP contribution in [0.4, 0.5) is 5.82 Å².